The van der Waals surface area contributed by atoms with Crippen LogP contribution in [0.4, 0.5) is 13.2 Å². The first-order chi connectivity index (χ1) is 10.9. The summed E-state index contributed by atoms with van der Waals surface area (Å²) in [6.45, 7) is 4.40. The number of hydrogen-bond donors (Lipinski definition) is 2. The minimum atomic E-state index is -4.66. The highest BCUT2D eigenvalue weighted by molar-refractivity contribution is 5.79. The van der Waals surface area contributed by atoms with Crippen molar-refractivity contribution in [3.63, 3.8) is 0 Å². The van der Waals surface area contributed by atoms with Crippen LogP contribution in [0.1, 0.15) is 12.5 Å². The second-order valence-corrected chi connectivity index (χ2v) is 4.62. The molecule has 0 radical (unpaired) electrons. The van der Waals surface area contributed by atoms with Gasteiger partial charge in [-0.1, -0.05) is 12.1 Å². The van der Waals surface area contributed by atoms with Gasteiger partial charge in [-0.15, -0.1) is 13.2 Å². The average Bonchev–Trinajstić information content (AvgIpc) is 2.48. The lowest BCUT2D eigenvalue weighted by Gasteiger charge is -2.12. The van der Waals surface area contributed by atoms with Crippen molar-refractivity contribution in [1.29, 1.82) is 0 Å². The number of nitrogens with one attached hydrogen (secondary N) is 2. The molecule has 8 heteroatoms. The molecular formula is C15H22F3N3O2. The lowest BCUT2D eigenvalue weighted by molar-refractivity contribution is -0.274. The summed E-state index contributed by atoms with van der Waals surface area (Å²) in [7, 11) is 1.61. The molecule has 0 aromatic heterocycles. The Kier molecular flexibility index (Phi) is 8.25. The van der Waals surface area contributed by atoms with E-state index in [2.05, 4.69) is 20.4 Å². The van der Waals surface area contributed by atoms with Crippen LogP contribution in [-0.2, 0) is 11.2 Å². The summed E-state index contributed by atoms with van der Waals surface area (Å²) in [6.07, 6.45) is -4.01. The molecule has 23 heavy (non-hydrogen) atoms. The van der Waals surface area contributed by atoms with Gasteiger partial charge in [-0.25, -0.2) is 0 Å². The number of hydrogen-bond acceptors (Lipinski definition) is 3. The van der Waals surface area contributed by atoms with Crippen molar-refractivity contribution in [2.75, 3.05) is 33.4 Å². The molecule has 0 aliphatic heterocycles. The molecule has 1 rings (SSSR count). The predicted octanol–water partition coefficient (Wildman–Crippen LogP) is 2.33. The van der Waals surface area contributed by atoms with E-state index in [1.54, 1.807) is 19.2 Å². The Labute approximate surface area is 133 Å². The van der Waals surface area contributed by atoms with Crippen molar-refractivity contribution in [2.24, 2.45) is 4.99 Å². The van der Waals surface area contributed by atoms with Crippen LogP contribution < -0.4 is 15.4 Å². The highest BCUT2D eigenvalue weighted by Gasteiger charge is 2.30. The molecule has 0 atom stereocenters. The molecule has 0 aliphatic rings. The molecule has 0 amide bonds. The maximum Gasteiger partial charge on any atom is 0.573 e. The van der Waals surface area contributed by atoms with Gasteiger partial charge in [-0.05, 0) is 31.0 Å². The molecule has 2 N–H and O–H groups in total. The van der Waals surface area contributed by atoms with Gasteiger partial charge in [0.05, 0.1) is 13.2 Å². The van der Waals surface area contributed by atoms with Crippen molar-refractivity contribution in [1.82, 2.24) is 10.6 Å². The molecule has 130 valence electrons. The van der Waals surface area contributed by atoms with E-state index >= 15 is 0 Å². The van der Waals surface area contributed by atoms with E-state index in [9.17, 15) is 13.2 Å². The summed E-state index contributed by atoms with van der Waals surface area (Å²) in [4.78, 5) is 4.31. The number of alkyl halides is 3. The third kappa shape index (κ3) is 8.92. The maximum atomic E-state index is 12.1. The lowest BCUT2D eigenvalue weighted by Crippen LogP contribution is -2.38. The standard InChI is InChI=1S/C15H22F3N3O2/c1-3-19-14(21-10-11-22-2)20-9-8-12-4-6-13(7-5-12)23-15(16,17)18/h4-7H,3,8-11H2,1-2H3,(H2,19,20,21). The van der Waals surface area contributed by atoms with Gasteiger partial charge in [0.1, 0.15) is 5.75 Å². The van der Waals surface area contributed by atoms with Gasteiger partial charge in [0.2, 0.25) is 0 Å². The van der Waals surface area contributed by atoms with E-state index in [0.717, 1.165) is 12.1 Å². The molecule has 0 fully saturated rings. The Morgan fingerprint density at radius 3 is 2.43 bits per heavy atom. The fourth-order valence-electron chi connectivity index (χ4n) is 1.77. The number of methoxy groups -OCH3 is 1. The van der Waals surface area contributed by atoms with Crippen LogP contribution in [0.2, 0.25) is 0 Å². The Bertz CT molecular complexity index is 476. The minimum absolute atomic E-state index is 0.219. The Balaban J connectivity index is 2.43. The number of halogens is 3. The second kappa shape index (κ2) is 9.94. The number of ether oxygens (including phenoxy) is 2. The number of aliphatic imine (C=N–C) groups is 1. The summed E-state index contributed by atoms with van der Waals surface area (Å²) < 4.78 is 45.0. The van der Waals surface area contributed by atoms with Crippen molar-refractivity contribution in [3.8, 4) is 5.75 Å². The van der Waals surface area contributed by atoms with Crippen molar-refractivity contribution in [3.05, 3.63) is 29.8 Å². The molecule has 0 bridgehead atoms. The fourth-order valence-corrected chi connectivity index (χ4v) is 1.77. The van der Waals surface area contributed by atoms with Gasteiger partial charge < -0.3 is 20.1 Å². The number of rotatable bonds is 8. The predicted molar refractivity (Wildman–Crippen MR) is 82.7 cm³/mol. The van der Waals surface area contributed by atoms with Crippen molar-refractivity contribution >= 4 is 5.96 Å². The van der Waals surface area contributed by atoms with Crippen LogP contribution in [0, 0.1) is 0 Å². The maximum absolute atomic E-state index is 12.1. The van der Waals surface area contributed by atoms with Gasteiger partial charge >= 0.3 is 6.36 Å². The molecule has 0 unspecified atom stereocenters. The zero-order valence-electron chi connectivity index (χ0n) is 13.2. The van der Waals surface area contributed by atoms with Gasteiger partial charge in [0.15, 0.2) is 5.96 Å². The number of guanidine groups is 1. The summed E-state index contributed by atoms with van der Waals surface area (Å²) >= 11 is 0. The smallest absolute Gasteiger partial charge is 0.406 e. The second-order valence-electron chi connectivity index (χ2n) is 4.62. The first kappa shape index (κ1) is 19.1. The minimum Gasteiger partial charge on any atom is -0.406 e. The molecule has 0 saturated heterocycles. The average molecular weight is 333 g/mol. The molecule has 1 aromatic carbocycles. The van der Waals surface area contributed by atoms with E-state index in [1.807, 2.05) is 6.92 Å². The highest BCUT2D eigenvalue weighted by atomic mass is 19.4. The van der Waals surface area contributed by atoms with Gasteiger partial charge in [-0.3, -0.25) is 4.99 Å². The third-order valence-electron chi connectivity index (χ3n) is 2.77. The normalized spacial score (nSPS) is 12.1. The van der Waals surface area contributed by atoms with Crippen LogP contribution in [0.5, 0.6) is 5.75 Å². The Morgan fingerprint density at radius 2 is 1.87 bits per heavy atom. The van der Waals surface area contributed by atoms with Crippen LogP contribution in [0.25, 0.3) is 0 Å². The molecule has 0 saturated carbocycles. The van der Waals surface area contributed by atoms with E-state index in [-0.39, 0.29) is 5.75 Å². The van der Waals surface area contributed by atoms with Gasteiger partial charge in [-0.2, -0.15) is 0 Å². The van der Waals surface area contributed by atoms with E-state index in [0.29, 0.717) is 32.1 Å². The number of benzene rings is 1. The topological polar surface area (TPSA) is 54.9 Å². The van der Waals surface area contributed by atoms with E-state index in [1.165, 1.54) is 12.1 Å². The molecule has 5 nitrogen and oxygen atoms in total. The molecule has 1 aromatic rings. The largest absolute Gasteiger partial charge is 0.573 e. The van der Waals surface area contributed by atoms with Crippen LogP contribution in [0.15, 0.2) is 29.3 Å². The Morgan fingerprint density at radius 1 is 1.17 bits per heavy atom. The lowest BCUT2D eigenvalue weighted by atomic mass is 10.1. The van der Waals surface area contributed by atoms with Crippen LogP contribution >= 0.6 is 0 Å². The quantitative estimate of drug-likeness (QED) is 0.436. The monoisotopic (exact) mass is 333 g/mol. The van der Waals surface area contributed by atoms with Crippen molar-refractivity contribution < 1.29 is 22.6 Å². The molecule has 0 heterocycles. The SMILES string of the molecule is CCNC(=NCCOC)NCCc1ccc(OC(F)(F)F)cc1. The van der Waals surface area contributed by atoms with Crippen LogP contribution in [-0.4, -0.2) is 45.7 Å². The van der Waals surface area contributed by atoms with Gasteiger partial charge in [0.25, 0.3) is 0 Å². The molecule has 0 spiro atoms. The van der Waals surface area contributed by atoms with Gasteiger partial charge in [0, 0.05) is 20.2 Å². The van der Waals surface area contributed by atoms with E-state index < -0.39 is 6.36 Å². The zero-order chi connectivity index (χ0) is 17.1. The van der Waals surface area contributed by atoms with Crippen LogP contribution in [0.3, 0.4) is 0 Å². The first-order valence-electron chi connectivity index (χ1n) is 7.30. The molecular weight excluding hydrogens is 311 g/mol. The van der Waals surface area contributed by atoms with E-state index in [4.69, 9.17) is 4.74 Å². The first-order valence-corrected chi connectivity index (χ1v) is 7.30. The highest BCUT2D eigenvalue weighted by Crippen LogP contribution is 2.22. The van der Waals surface area contributed by atoms with Crippen molar-refractivity contribution in [2.45, 2.75) is 19.7 Å². The molecule has 0 aliphatic carbocycles. The summed E-state index contributed by atoms with van der Waals surface area (Å²) in [5.74, 6) is 0.463. The Hall–Kier alpha value is -1.96. The summed E-state index contributed by atoms with van der Waals surface area (Å²) in [6, 6.07) is 5.83. The number of nitrogens with zero attached hydrogens (tertiary/aromatic N) is 1. The fraction of sp³-hybridized carbons (Fsp3) is 0.533. The third-order valence-corrected chi connectivity index (χ3v) is 2.77. The zero-order valence-corrected chi connectivity index (χ0v) is 13.2. The summed E-state index contributed by atoms with van der Waals surface area (Å²) in [5, 5.41) is 6.25. The summed E-state index contributed by atoms with van der Waals surface area (Å²) in [5.41, 5.74) is 0.903.